The highest BCUT2D eigenvalue weighted by molar-refractivity contribution is 9.10. The van der Waals surface area contributed by atoms with Crippen LogP contribution in [0.15, 0.2) is 22.7 Å². The fourth-order valence-corrected chi connectivity index (χ4v) is 2.51. The van der Waals surface area contributed by atoms with E-state index < -0.39 is 0 Å². The summed E-state index contributed by atoms with van der Waals surface area (Å²) in [6.07, 6.45) is 2.81. The molecule has 0 heterocycles. The highest BCUT2D eigenvalue weighted by Crippen LogP contribution is 2.23. The smallest absolute Gasteiger partial charge is 0.164 e. The number of benzene rings is 1. The van der Waals surface area contributed by atoms with Gasteiger partial charge >= 0.3 is 0 Å². The summed E-state index contributed by atoms with van der Waals surface area (Å²) < 4.78 is 0.920. The largest absolute Gasteiger partial charge is 0.294 e. The Morgan fingerprint density at radius 1 is 1.31 bits per heavy atom. The van der Waals surface area contributed by atoms with Crippen LogP contribution in [-0.2, 0) is 0 Å². The van der Waals surface area contributed by atoms with Crippen molar-refractivity contribution in [3.8, 4) is 0 Å². The summed E-state index contributed by atoms with van der Waals surface area (Å²) in [5, 5.41) is 0. The van der Waals surface area contributed by atoms with E-state index in [4.69, 9.17) is 0 Å². The van der Waals surface area contributed by atoms with E-state index in [1.54, 1.807) is 0 Å². The summed E-state index contributed by atoms with van der Waals surface area (Å²) in [6.45, 7) is 6.32. The Morgan fingerprint density at radius 2 is 1.94 bits per heavy atom. The molecule has 1 aromatic rings. The zero-order valence-electron chi connectivity index (χ0n) is 10.2. The van der Waals surface area contributed by atoms with Crippen LogP contribution < -0.4 is 0 Å². The van der Waals surface area contributed by atoms with Crippen molar-refractivity contribution in [1.82, 2.24) is 0 Å². The van der Waals surface area contributed by atoms with Gasteiger partial charge in [-0.1, -0.05) is 54.8 Å². The predicted molar refractivity (Wildman–Crippen MR) is 71.9 cm³/mol. The molecule has 0 saturated heterocycles. The number of aryl methyl sites for hydroxylation is 1. The molecule has 0 aliphatic rings. The maximum absolute atomic E-state index is 12.1. The van der Waals surface area contributed by atoms with Gasteiger partial charge in [0.2, 0.25) is 0 Å². The molecule has 0 unspecified atom stereocenters. The minimum Gasteiger partial charge on any atom is -0.294 e. The van der Waals surface area contributed by atoms with Crippen molar-refractivity contribution in [1.29, 1.82) is 0 Å². The molecule has 0 N–H and O–H groups in total. The second-order valence-electron chi connectivity index (χ2n) is 4.29. The van der Waals surface area contributed by atoms with Gasteiger partial charge in [-0.05, 0) is 24.5 Å². The van der Waals surface area contributed by atoms with Crippen LogP contribution in [0, 0.1) is 12.8 Å². The highest BCUT2D eigenvalue weighted by Gasteiger charge is 2.14. The Hall–Kier alpha value is -0.630. The summed E-state index contributed by atoms with van der Waals surface area (Å²) >= 11 is 3.46. The van der Waals surface area contributed by atoms with Crippen molar-refractivity contribution in [3.05, 3.63) is 33.8 Å². The third-order valence-electron chi connectivity index (χ3n) is 3.05. The Kier molecular flexibility index (Phi) is 5.20. The summed E-state index contributed by atoms with van der Waals surface area (Å²) in [4.78, 5) is 12.1. The highest BCUT2D eigenvalue weighted by atomic mass is 79.9. The van der Waals surface area contributed by atoms with Crippen molar-refractivity contribution in [2.45, 2.75) is 40.0 Å². The van der Waals surface area contributed by atoms with Gasteiger partial charge in [0.05, 0.1) is 0 Å². The van der Waals surface area contributed by atoms with Crippen molar-refractivity contribution >= 4 is 21.7 Å². The second-order valence-corrected chi connectivity index (χ2v) is 5.15. The van der Waals surface area contributed by atoms with Crippen LogP contribution in [0.2, 0.25) is 0 Å². The number of ketones is 1. The molecule has 0 bridgehead atoms. The van der Waals surface area contributed by atoms with Crippen molar-refractivity contribution < 1.29 is 4.79 Å². The second kappa shape index (κ2) is 6.19. The van der Waals surface area contributed by atoms with Crippen molar-refractivity contribution in [3.63, 3.8) is 0 Å². The number of halogens is 1. The molecule has 0 saturated carbocycles. The van der Waals surface area contributed by atoms with Gasteiger partial charge in [-0.3, -0.25) is 4.79 Å². The first-order valence-corrected chi connectivity index (χ1v) is 6.67. The lowest BCUT2D eigenvalue weighted by Gasteiger charge is -2.12. The molecule has 0 aliphatic heterocycles. The van der Waals surface area contributed by atoms with Gasteiger partial charge in [-0.25, -0.2) is 0 Å². The molecule has 0 fully saturated rings. The molecule has 0 atom stereocenters. The molecule has 88 valence electrons. The topological polar surface area (TPSA) is 17.1 Å². The van der Waals surface area contributed by atoms with Gasteiger partial charge in [0.25, 0.3) is 0 Å². The van der Waals surface area contributed by atoms with Gasteiger partial charge in [-0.2, -0.15) is 0 Å². The van der Waals surface area contributed by atoms with Crippen molar-refractivity contribution in [2.75, 3.05) is 0 Å². The van der Waals surface area contributed by atoms with Crippen LogP contribution in [0.1, 0.15) is 49.0 Å². The quantitative estimate of drug-likeness (QED) is 0.711. The summed E-state index contributed by atoms with van der Waals surface area (Å²) in [5.41, 5.74) is 1.99. The van der Waals surface area contributed by atoms with Crippen LogP contribution in [0.3, 0.4) is 0 Å². The molecule has 2 heteroatoms. The normalized spacial score (nSPS) is 10.8. The van der Waals surface area contributed by atoms with E-state index in [1.165, 1.54) is 5.56 Å². The average molecular weight is 283 g/mol. The van der Waals surface area contributed by atoms with E-state index in [9.17, 15) is 4.79 Å². The Balaban J connectivity index is 2.80. The molecule has 16 heavy (non-hydrogen) atoms. The first-order chi connectivity index (χ1) is 7.58. The molecule has 0 aromatic heterocycles. The number of carbonyl (C=O) groups is 1. The van der Waals surface area contributed by atoms with Gasteiger partial charge in [-0.15, -0.1) is 0 Å². The molecule has 1 rings (SSSR count). The molecule has 0 spiro atoms. The predicted octanol–water partition coefficient (Wildman–Crippen LogP) is 4.77. The number of hydrogen-bond acceptors (Lipinski definition) is 1. The third kappa shape index (κ3) is 3.44. The van der Waals surface area contributed by atoms with Gasteiger partial charge in [0.1, 0.15) is 0 Å². The van der Waals surface area contributed by atoms with Gasteiger partial charge < -0.3 is 0 Å². The lowest BCUT2D eigenvalue weighted by atomic mass is 9.94. The fourth-order valence-electron chi connectivity index (χ4n) is 1.80. The lowest BCUT2D eigenvalue weighted by Crippen LogP contribution is -2.08. The maximum Gasteiger partial charge on any atom is 0.164 e. The lowest BCUT2D eigenvalue weighted by molar-refractivity contribution is 0.0958. The standard InChI is InChI=1S/C14H19BrO/c1-4-11(5-2)9-14(16)12-7-6-10(3)8-13(12)15/h6-8,11H,4-5,9H2,1-3H3. The molecular formula is C14H19BrO. The monoisotopic (exact) mass is 282 g/mol. The van der Waals surface area contributed by atoms with E-state index in [-0.39, 0.29) is 5.78 Å². The van der Waals surface area contributed by atoms with Crippen molar-refractivity contribution in [2.24, 2.45) is 5.92 Å². The first-order valence-electron chi connectivity index (χ1n) is 5.87. The van der Waals surface area contributed by atoms with E-state index >= 15 is 0 Å². The van der Waals surface area contributed by atoms with E-state index in [2.05, 4.69) is 29.8 Å². The molecule has 0 amide bonds. The van der Waals surface area contributed by atoms with Gasteiger partial charge in [0.15, 0.2) is 5.78 Å². The summed E-state index contributed by atoms with van der Waals surface area (Å²) in [5.74, 6) is 0.765. The minimum atomic E-state index is 0.251. The number of Topliss-reactive ketones (excluding diaryl/α,β-unsaturated/α-hetero) is 1. The zero-order chi connectivity index (χ0) is 12.1. The fraction of sp³-hybridized carbons (Fsp3) is 0.500. The average Bonchev–Trinajstić information content (AvgIpc) is 2.25. The zero-order valence-corrected chi connectivity index (χ0v) is 11.8. The Labute approximate surface area is 106 Å². The first kappa shape index (κ1) is 13.4. The minimum absolute atomic E-state index is 0.251. The number of hydrogen-bond donors (Lipinski definition) is 0. The SMILES string of the molecule is CCC(CC)CC(=O)c1ccc(C)cc1Br. The van der Waals surface area contributed by atoms with E-state index in [0.29, 0.717) is 12.3 Å². The third-order valence-corrected chi connectivity index (χ3v) is 3.71. The maximum atomic E-state index is 12.1. The number of rotatable bonds is 5. The molecular weight excluding hydrogens is 264 g/mol. The van der Waals surface area contributed by atoms with Crippen LogP contribution in [0.5, 0.6) is 0 Å². The molecule has 0 aliphatic carbocycles. The van der Waals surface area contributed by atoms with Crippen LogP contribution >= 0.6 is 15.9 Å². The molecule has 0 radical (unpaired) electrons. The molecule has 1 nitrogen and oxygen atoms in total. The Morgan fingerprint density at radius 3 is 2.44 bits per heavy atom. The number of carbonyl (C=O) groups excluding carboxylic acids is 1. The summed E-state index contributed by atoms with van der Waals surface area (Å²) in [6, 6.07) is 5.91. The molecule has 1 aromatic carbocycles. The van der Waals surface area contributed by atoms with Crippen LogP contribution in [0.25, 0.3) is 0 Å². The van der Waals surface area contributed by atoms with Gasteiger partial charge in [0, 0.05) is 16.5 Å². The van der Waals surface area contributed by atoms with E-state index in [1.807, 2.05) is 25.1 Å². The van der Waals surface area contributed by atoms with Crippen LogP contribution in [-0.4, -0.2) is 5.78 Å². The Bertz CT molecular complexity index is 367. The van der Waals surface area contributed by atoms with Crippen LogP contribution in [0.4, 0.5) is 0 Å². The summed E-state index contributed by atoms with van der Waals surface area (Å²) in [7, 11) is 0. The van der Waals surface area contributed by atoms with E-state index in [0.717, 1.165) is 22.9 Å².